The summed E-state index contributed by atoms with van der Waals surface area (Å²) in [6.07, 6.45) is 5.02. The largest absolute Gasteiger partial charge is 0.342 e. The van der Waals surface area contributed by atoms with Crippen LogP contribution in [0.5, 0.6) is 0 Å². The Balaban J connectivity index is 1.29. The van der Waals surface area contributed by atoms with Crippen molar-refractivity contribution in [2.45, 2.75) is 52.9 Å². The van der Waals surface area contributed by atoms with Crippen LogP contribution in [0.25, 0.3) is 10.2 Å². The number of thiophene rings is 1. The molecule has 3 heterocycles. The molecule has 1 saturated heterocycles. The number of carbonyl (C=O) groups excluding carboxylic acids is 1. The van der Waals surface area contributed by atoms with Gasteiger partial charge in [0.05, 0.1) is 5.39 Å². The molecule has 5 nitrogen and oxygen atoms in total. The second-order valence-corrected chi connectivity index (χ2v) is 10.3. The summed E-state index contributed by atoms with van der Waals surface area (Å²) in [5.74, 6) is 3.20. The normalized spacial score (nSPS) is 31.8. The van der Waals surface area contributed by atoms with Crippen LogP contribution in [-0.2, 0) is 11.2 Å². The number of hydrogen-bond acceptors (Lipinski definition) is 4. The van der Waals surface area contributed by atoms with E-state index in [0.717, 1.165) is 40.2 Å². The molecule has 3 aliphatic rings. The molecule has 144 valence electrons. The Labute approximate surface area is 163 Å². The van der Waals surface area contributed by atoms with Crippen LogP contribution in [0, 0.1) is 37.0 Å². The van der Waals surface area contributed by atoms with Gasteiger partial charge in [0.15, 0.2) is 0 Å². The number of aromatic nitrogens is 2. The highest BCUT2D eigenvalue weighted by Gasteiger charge is 2.59. The number of nitrogens with zero attached hydrogens (tertiary/aromatic N) is 2. The highest BCUT2D eigenvalue weighted by Crippen LogP contribution is 2.62. The summed E-state index contributed by atoms with van der Waals surface area (Å²) in [4.78, 5) is 36.8. The average molecular weight is 386 g/mol. The third-order valence-electron chi connectivity index (χ3n) is 7.79. The van der Waals surface area contributed by atoms with Crippen LogP contribution < -0.4 is 5.56 Å². The number of rotatable bonds is 3. The summed E-state index contributed by atoms with van der Waals surface area (Å²) >= 11 is 1.56. The van der Waals surface area contributed by atoms with Gasteiger partial charge >= 0.3 is 0 Å². The van der Waals surface area contributed by atoms with Crippen LogP contribution >= 0.6 is 11.3 Å². The zero-order chi connectivity index (χ0) is 18.9. The number of aryl methyl sites for hydroxylation is 3. The molecular weight excluding hydrogens is 358 g/mol. The zero-order valence-corrected chi connectivity index (χ0v) is 17.1. The quantitative estimate of drug-likeness (QED) is 0.880. The van der Waals surface area contributed by atoms with Crippen molar-refractivity contribution in [3.63, 3.8) is 0 Å². The molecule has 1 aliphatic heterocycles. The number of H-pyrrole nitrogens is 1. The number of aromatic amines is 1. The van der Waals surface area contributed by atoms with E-state index in [1.54, 1.807) is 11.3 Å². The first kappa shape index (κ1) is 17.4. The summed E-state index contributed by atoms with van der Waals surface area (Å²) in [6, 6.07) is 0. The van der Waals surface area contributed by atoms with Crippen LogP contribution in [0.4, 0.5) is 0 Å². The molecule has 2 saturated carbocycles. The van der Waals surface area contributed by atoms with Crippen molar-refractivity contribution in [1.82, 2.24) is 14.9 Å². The minimum Gasteiger partial charge on any atom is -0.342 e. The summed E-state index contributed by atoms with van der Waals surface area (Å²) in [5, 5.41) is 0.698. The van der Waals surface area contributed by atoms with Crippen molar-refractivity contribution < 1.29 is 4.79 Å². The molecule has 3 fully saturated rings. The van der Waals surface area contributed by atoms with Crippen molar-refractivity contribution in [2.24, 2.45) is 23.2 Å². The fraction of sp³-hybridized carbons (Fsp3) is 0.667. The number of nitrogens with one attached hydrogen (secondary N) is 1. The summed E-state index contributed by atoms with van der Waals surface area (Å²) < 4.78 is 0. The average Bonchev–Trinajstić information content (AvgIpc) is 3.34. The summed E-state index contributed by atoms with van der Waals surface area (Å²) in [7, 11) is 0. The molecule has 2 aliphatic carbocycles. The summed E-state index contributed by atoms with van der Waals surface area (Å²) in [5.41, 5.74) is 1.28. The fourth-order valence-corrected chi connectivity index (χ4v) is 7.18. The standard InChI is InChI=1S/C21H27N3O2S/c1-11-12(2)27-20-18(11)19(26)22-16(23-20)6-7-17(25)24-9-15-13-4-5-14(8-13)21(15,3)10-24/h13-15H,4-10H2,1-3H3,(H,22,23,26)/t13-,14+,15?,21-/m1/s1. The number of hydrogen-bond donors (Lipinski definition) is 1. The van der Waals surface area contributed by atoms with Gasteiger partial charge in [-0.15, -0.1) is 11.3 Å². The molecule has 1 N–H and O–H groups in total. The molecule has 1 unspecified atom stereocenters. The first-order chi connectivity index (χ1) is 12.9. The minimum atomic E-state index is -0.0795. The Morgan fingerprint density at radius 3 is 2.96 bits per heavy atom. The molecular formula is C21H27N3O2S. The van der Waals surface area contributed by atoms with Crippen LogP contribution in [0.1, 0.15) is 48.9 Å². The first-order valence-electron chi connectivity index (χ1n) is 10.1. The highest BCUT2D eigenvalue weighted by atomic mass is 32.1. The third-order valence-corrected chi connectivity index (χ3v) is 8.89. The predicted octanol–water partition coefficient (Wildman–Crippen LogP) is 3.43. The number of fused-ring (bicyclic) bond motifs is 6. The lowest BCUT2D eigenvalue weighted by atomic mass is 9.70. The number of likely N-dealkylation sites (tertiary alicyclic amines) is 1. The lowest BCUT2D eigenvalue weighted by Crippen LogP contribution is -2.34. The maximum Gasteiger partial charge on any atom is 0.259 e. The molecule has 2 aromatic heterocycles. The van der Waals surface area contributed by atoms with Gasteiger partial charge in [-0.05, 0) is 61.8 Å². The molecule has 0 aromatic carbocycles. The van der Waals surface area contributed by atoms with Gasteiger partial charge in [0.1, 0.15) is 10.7 Å². The maximum absolute atomic E-state index is 12.8. The van der Waals surface area contributed by atoms with Gasteiger partial charge in [-0.1, -0.05) is 6.92 Å². The lowest BCUT2D eigenvalue weighted by Gasteiger charge is -2.34. The van der Waals surface area contributed by atoms with E-state index in [9.17, 15) is 9.59 Å². The highest BCUT2D eigenvalue weighted by molar-refractivity contribution is 7.18. The van der Waals surface area contributed by atoms with E-state index in [1.165, 1.54) is 19.3 Å². The van der Waals surface area contributed by atoms with Gasteiger partial charge < -0.3 is 9.88 Å². The zero-order valence-electron chi connectivity index (χ0n) is 16.3. The van der Waals surface area contributed by atoms with E-state index in [-0.39, 0.29) is 11.5 Å². The SMILES string of the molecule is Cc1sc2nc(CCC(=O)N3CC4[C@@H]5CC[C@@H](C5)[C@@]4(C)C3)[nH]c(=O)c2c1C. The van der Waals surface area contributed by atoms with Crippen LogP contribution in [0.2, 0.25) is 0 Å². The lowest BCUT2D eigenvalue weighted by molar-refractivity contribution is -0.130. The van der Waals surface area contributed by atoms with Crippen molar-refractivity contribution >= 4 is 27.5 Å². The van der Waals surface area contributed by atoms with E-state index in [1.807, 2.05) is 13.8 Å². The molecule has 0 radical (unpaired) electrons. The van der Waals surface area contributed by atoms with Crippen molar-refractivity contribution in [1.29, 1.82) is 0 Å². The van der Waals surface area contributed by atoms with Crippen molar-refractivity contribution in [3.05, 3.63) is 26.6 Å². The van der Waals surface area contributed by atoms with Crippen LogP contribution in [0.3, 0.4) is 0 Å². The van der Waals surface area contributed by atoms with Crippen molar-refractivity contribution in [3.8, 4) is 0 Å². The van der Waals surface area contributed by atoms with Gasteiger partial charge in [0, 0.05) is 30.8 Å². The van der Waals surface area contributed by atoms with Crippen LogP contribution in [0.15, 0.2) is 4.79 Å². The van der Waals surface area contributed by atoms with E-state index in [4.69, 9.17) is 0 Å². The van der Waals surface area contributed by atoms with Gasteiger partial charge in [0.2, 0.25) is 5.91 Å². The Morgan fingerprint density at radius 2 is 2.19 bits per heavy atom. The molecule has 27 heavy (non-hydrogen) atoms. The predicted molar refractivity (Wildman–Crippen MR) is 107 cm³/mol. The molecule has 2 bridgehead atoms. The minimum absolute atomic E-state index is 0.0795. The smallest absolute Gasteiger partial charge is 0.259 e. The second-order valence-electron chi connectivity index (χ2n) is 9.13. The topological polar surface area (TPSA) is 66.1 Å². The van der Waals surface area contributed by atoms with E-state index in [2.05, 4.69) is 21.8 Å². The maximum atomic E-state index is 12.8. The summed E-state index contributed by atoms with van der Waals surface area (Å²) in [6.45, 7) is 8.24. The molecule has 1 amide bonds. The van der Waals surface area contributed by atoms with Gasteiger partial charge in [-0.2, -0.15) is 0 Å². The van der Waals surface area contributed by atoms with Crippen LogP contribution in [-0.4, -0.2) is 33.9 Å². The van der Waals surface area contributed by atoms with Gasteiger partial charge in [-0.25, -0.2) is 4.98 Å². The fourth-order valence-electron chi connectivity index (χ4n) is 6.13. The molecule has 5 rings (SSSR count). The Kier molecular flexibility index (Phi) is 3.81. The number of carbonyl (C=O) groups is 1. The van der Waals surface area contributed by atoms with Crippen molar-refractivity contribution in [2.75, 3.05) is 13.1 Å². The molecule has 0 spiro atoms. The first-order valence-corrected chi connectivity index (χ1v) is 10.9. The van der Waals surface area contributed by atoms with Gasteiger partial charge in [-0.3, -0.25) is 9.59 Å². The Hall–Kier alpha value is -1.69. The Morgan fingerprint density at radius 1 is 1.37 bits per heavy atom. The Bertz CT molecular complexity index is 993. The van der Waals surface area contributed by atoms with E-state index >= 15 is 0 Å². The molecule has 6 heteroatoms. The monoisotopic (exact) mass is 385 g/mol. The van der Waals surface area contributed by atoms with E-state index < -0.39 is 0 Å². The third kappa shape index (κ3) is 2.52. The van der Waals surface area contributed by atoms with Gasteiger partial charge in [0.25, 0.3) is 5.56 Å². The second kappa shape index (κ2) is 5.90. The number of amides is 1. The molecule has 4 atom stereocenters. The molecule has 2 aromatic rings. The van der Waals surface area contributed by atoms with E-state index in [0.29, 0.717) is 35.4 Å².